The van der Waals surface area contributed by atoms with E-state index >= 15 is 0 Å². The van der Waals surface area contributed by atoms with E-state index in [4.69, 9.17) is 4.74 Å². The average Bonchev–Trinajstić information content (AvgIpc) is 2.55. The molecule has 7 nitrogen and oxygen atoms in total. The number of ether oxygens (including phenoxy) is 1. The molecule has 26 heavy (non-hydrogen) atoms. The summed E-state index contributed by atoms with van der Waals surface area (Å²) >= 11 is 1.66. The molecule has 0 spiro atoms. The Kier molecular flexibility index (Phi) is 5.65. The Balaban J connectivity index is 1.92. The summed E-state index contributed by atoms with van der Waals surface area (Å²) in [4.78, 5) is 36.2. The van der Waals surface area contributed by atoms with Gasteiger partial charge < -0.3 is 9.64 Å². The highest BCUT2D eigenvalue weighted by molar-refractivity contribution is 8.01. The summed E-state index contributed by atoms with van der Waals surface area (Å²) in [7, 11) is 0. The fourth-order valence-corrected chi connectivity index (χ4v) is 4.03. The molecule has 1 aliphatic rings. The third-order valence-corrected chi connectivity index (χ3v) is 5.80. The van der Waals surface area contributed by atoms with Crippen molar-refractivity contribution in [3.63, 3.8) is 0 Å². The van der Waals surface area contributed by atoms with Gasteiger partial charge in [0, 0.05) is 16.9 Å². The molecular weight excluding hydrogens is 356 g/mol. The fraction of sp³-hybridized carbons (Fsp3) is 0.556. The predicted molar refractivity (Wildman–Crippen MR) is 99.5 cm³/mol. The number of hydrogen-bond donors (Lipinski definition) is 0. The maximum atomic E-state index is 12.3. The number of carbonyl (C=O) groups excluding carboxylic acids is 2. The first kappa shape index (κ1) is 20.2. The molecule has 0 N–H and O–H groups in total. The molecule has 1 aromatic carbocycles. The minimum Gasteiger partial charge on any atom is -0.459 e. The zero-order valence-electron chi connectivity index (χ0n) is 15.6. The van der Waals surface area contributed by atoms with Gasteiger partial charge in [0.25, 0.3) is 5.69 Å². The number of non-ortho nitro benzene ring substituents is 1. The van der Waals surface area contributed by atoms with Crippen molar-refractivity contribution < 1.29 is 19.2 Å². The Morgan fingerprint density at radius 1 is 1.31 bits per heavy atom. The van der Waals surface area contributed by atoms with Crippen LogP contribution in [0.5, 0.6) is 0 Å². The minimum absolute atomic E-state index is 0.0132. The Morgan fingerprint density at radius 3 is 2.38 bits per heavy atom. The first-order valence-corrected chi connectivity index (χ1v) is 9.17. The second-order valence-electron chi connectivity index (χ2n) is 7.82. The topological polar surface area (TPSA) is 89.8 Å². The fourth-order valence-electron chi connectivity index (χ4n) is 2.67. The SMILES string of the molecule is CC(C)(C)SC1N(CC(=O)OCc2ccc([N+](=O)[O-])cc2)C(=O)C1(C)C. The van der Waals surface area contributed by atoms with E-state index < -0.39 is 16.3 Å². The Labute approximate surface area is 157 Å². The van der Waals surface area contributed by atoms with Crippen LogP contribution in [0, 0.1) is 15.5 Å². The maximum Gasteiger partial charge on any atom is 0.326 e. The Hall–Kier alpha value is -2.09. The molecule has 0 radical (unpaired) electrons. The predicted octanol–water partition coefficient (Wildman–Crippen LogP) is 3.36. The van der Waals surface area contributed by atoms with Crippen LogP contribution in [-0.4, -0.2) is 38.4 Å². The van der Waals surface area contributed by atoms with E-state index in [1.165, 1.54) is 12.1 Å². The molecule has 1 amide bonds. The summed E-state index contributed by atoms with van der Waals surface area (Å²) in [6.45, 7) is 9.90. The first-order valence-electron chi connectivity index (χ1n) is 8.29. The van der Waals surface area contributed by atoms with Crippen LogP contribution in [-0.2, 0) is 20.9 Å². The summed E-state index contributed by atoms with van der Waals surface area (Å²) < 4.78 is 5.18. The van der Waals surface area contributed by atoms with Crippen molar-refractivity contribution in [1.82, 2.24) is 4.90 Å². The van der Waals surface area contributed by atoms with Gasteiger partial charge in [0.2, 0.25) is 5.91 Å². The normalized spacial score (nSPS) is 19.0. The third-order valence-electron chi connectivity index (χ3n) is 4.02. The van der Waals surface area contributed by atoms with Crippen molar-refractivity contribution in [2.24, 2.45) is 5.41 Å². The van der Waals surface area contributed by atoms with Crippen LogP contribution >= 0.6 is 11.8 Å². The lowest BCUT2D eigenvalue weighted by Gasteiger charge is -2.53. The first-order chi connectivity index (χ1) is 11.9. The molecule has 8 heteroatoms. The summed E-state index contributed by atoms with van der Waals surface area (Å²) in [5.74, 6) is -0.557. The van der Waals surface area contributed by atoms with Gasteiger partial charge in [-0.3, -0.25) is 19.7 Å². The minimum atomic E-state index is -0.503. The highest BCUT2D eigenvalue weighted by Gasteiger charge is 2.56. The molecule has 0 aromatic heterocycles. The van der Waals surface area contributed by atoms with E-state index in [2.05, 4.69) is 20.8 Å². The van der Waals surface area contributed by atoms with E-state index in [0.29, 0.717) is 5.56 Å². The average molecular weight is 380 g/mol. The number of esters is 1. The van der Waals surface area contributed by atoms with E-state index in [9.17, 15) is 19.7 Å². The van der Waals surface area contributed by atoms with Crippen LogP contribution in [0.25, 0.3) is 0 Å². The van der Waals surface area contributed by atoms with Crippen molar-refractivity contribution >= 4 is 29.3 Å². The van der Waals surface area contributed by atoms with Gasteiger partial charge in [0.05, 0.1) is 15.7 Å². The van der Waals surface area contributed by atoms with Crippen LogP contribution in [0.3, 0.4) is 0 Å². The van der Waals surface area contributed by atoms with Crippen molar-refractivity contribution in [3.05, 3.63) is 39.9 Å². The molecule has 1 aliphatic heterocycles. The van der Waals surface area contributed by atoms with Gasteiger partial charge in [0.1, 0.15) is 13.2 Å². The van der Waals surface area contributed by atoms with Gasteiger partial charge in [-0.2, -0.15) is 0 Å². The molecule has 1 fully saturated rings. The van der Waals surface area contributed by atoms with Gasteiger partial charge in [-0.15, -0.1) is 11.8 Å². The molecule has 0 saturated carbocycles. The Morgan fingerprint density at radius 2 is 1.88 bits per heavy atom. The molecule has 0 bridgehead atoms. The molecular formula is C18H24N2O5S. The number of benzene rings is 1. The van der Waals surface area contributed by atoms with Crippen LogP contribution in [0.4, 0.5) is 5.69 Å². The van der Waals surface area contributed by atoms with Crippen LogP contribution < -0.4 is 0 Å². The third kappa shape index (κ3) is 4.55. The number of hydrogen-bond acceptors (Lipinski definition) is 6. The molecule has 1 aromatic rings. The highest BCUT2D eigenvalue weighted by atomic mass is 32.2. The largest absolute Gasteiger partial charge is 0.459 e. The smallest absolute Gasteiger partial charge is 0.326 e. The summed E-state index contributed by atoms with van der Waals surface area (Å²) in [5.41, 5.74) is 0.131. The van der Waals surface area contributed by atoms with Gasteiger partial charge in [-0.05, 0) is 31.5 Å². The maximum absolute atomic E-state index is 12.3. The number of nitrogens with zero attached hydrogens (tertiary/aromatic N) is 2. The van der Waals surface area contributed by atoms with Crippen LogP contribution in [0.2, 0.25) is 0 Å². The number of likely N-dealkylation sites (tertiary alicyclic amines) is 1. The van der Waals surface area contributed by atoms with Gasteiger partial charge >= 0.3 is 5.97 Å². The van der Waals surface area contributed by atoms with Crippen molar-refractivity contribution in [2.45, 2.75) is 51.3 Å². The number of carbonyl (C=O) groups is 2. The summed E-state index contributed by atoms with van der Waals surface area (Å²) in [6.07, 6.45) is 0. The zero-order chi connectivity index (χ0) is 19.7. The second kappa shape index (κ2) is 7.26. The highest BCUT2D eigenvalue weighted by Crippen LogP contribution is 2.48. The molecule has 1 saturated heterocycles. The van der Waals surface area contributed by atoms with Gasteiger partial charge in [-0.25, -0.2) is 0 Å². The van der Waals surface area contributed by atoms with E-state index in [1.54, 1.807) is 28.8 Å². The molecule has 1 unspecified atom stereocenters. The molecule has 142 valence electrons. The van der Waals surface area contributed by atoms with E-state index in [0.717, 1.165) is 0 Å². The van der Waals surface area contributed by atoms with E-state index in [-0.39, 0.29) is 34.9 Å². The lowest BCUT2D eigenvalue weighted by Crippen LogP contribution is -2.66. The van der Waals surface area contributed by atoms with Gasteiger partial charge in [-0.1, -0.05) is 20.8 Å². The van der Waals surface area contributed by atoms with Crippen LogP contribution in [0.1, 0.15) is 40.2 Å². The number of thioether (sulfide) groups is 1. The van der Waals surface area contributed by atoms with Crippen molar-refractivity contribution in [1.29, 1.82) is 0 Å². The number of nitro benzene ring substituents is 1. The molecule has 0 aliphatic carbocycles. The van der Waals surface area contributed by atoms with Crippen molar-refractivity contribution in [2.75, 3.05) is 6.54 Å². The van der Waals surface area contributed by atoms with E-state index in [1.807, 2.05) is 13.8 Å². The monoisotopic (exact) mass is 380 g/mol. The number of β-lactam (4-membered cyclic amide) rings is 1. The lowest BCUT2D eigenvalue weighted by atomic mass is 9.82. The quantitative estimate of drug-likeness (QED) is 0.325. The molecule has 1 heterocycles. The standard InChI is InChI=1S/C18H24N2O5S/c1-17(2,3)26-16-18(4,5)15(22)19(16)10-14(21)25-11-12-6-8-13(9-7-12)20(23)24/h6-9,16H,10-11H2,1-5H3. The number of rotatable bonds is 6. The lowest BCUT2D eigenvalue weighted by molar-refractivity contribution is -0.384. The number of amides is 1. The summed E-state index contributed by atoms with van der Waals surface area (Å²) in [5, 5.41) is 10.6. The van der Waals surface area contributed by atoms with Crippen LogP contribution in [0.15, 0.2) is 24.3 Å². The molecule has 1 atom stereocenters. The zero-order valence-corrected chi connectivity index (χ0v) is 16.5. The second-order valence-corrected chi connectivity index (χ2v) is 9.73. The number of nitro groups is 1. The summed E-state index contributed by atoms with van der Waals surface area (Å²) in [6, 6.07) is 5.81. The van der Waals surface area contributed by atoms with Crippen molar-refractivity contribution in [3.8, 4) is 0 Å². The Bertz CT molecular complexity index is 709. The molecule has 2 rings (SSSR count). The van der Waals surface area contributed by atoms with Gasteiger partial charge in [0.15, 0.2) is 0 Å².